The quantitative estimate of drug-likeness (QED) is 0.474. The van der Waals surface area contributed by atoms with Gasteiger partial charge in [0.25, 0.3) is 0 Å². The maximum Gasteiger partial charge on any atom is 0.243 e. The van der Waals surface area contributed by atoms with Gasteiger partial charge < -0.3 is 20.3 Å². The molecule has 0 bridgehead atoms. The molecule has 28 heavy (non-hydrogen) atoms. The lowest BCUT2D eigenvalue weighted by atomic mass is 10.1. The molecule has 2 aromatic rings. The van der Waals surface area contributed by atoms with Gasteiger partial charge in [0.15, 0.2) is 5.96 Å². The molecule has 0 aliphatic heterocycles. The summed E-state index contributed by atoms with van der Waals surface area (Å²) in [7, 11) is 3.47. The Balaban J connectivity index is 1.89. The Bertz CT molecular complexity index is 745. The number of guanidine groups is 1. The molecule has 0 saturated heterocycles. The van der Waals surface area contributed by atoms with Crippen LogP contribution in [0.15, 0.2) is 46.8 Å². The van der Waals surface area contributed by atoms with Crippen LogP contribution >= 0.6 is 11.3 Å². The van der Waals surface area contributed by atoms with Crippen LogP contribution in [0.5, 0.6) is 5.75 Å². The summed E-state index contributed by atoms with van der Waals surface area (Å²) in [6.07, 6.45) is 1.83. The summed E-state index contributed by atoms with van der Waals surface area (Å²) >= 11 is 1.69. The predicted molar refractivity (Wildman–Crippen MR) is 116 cm³/mol. The topological polar surface area (TPSA) is 66.0 Å². The minimum atomic E-state index is -0.0296. The van der Waals surface area contributed by atoms with Gasteiger partial charge in [-0.05, 0) is 42.0 Å². The number of ether oxygens (including phenoxy) is 1. The molecule has 1 amide bonds. The molecule has 0 spiro atoms. The molecule has 6 nitrogen and oxygen atoms in total. The molecule has 1 aromatic heterocycles. The maximum absolute atomic E-state index is 11.9. The lowest BCUT2D eigenvalue weighted by Crippen LogP contribution is -2.39. The largest absolute Gasteiger partial charge is 0.494 e. The monoisotopic (exact) mass is 402 g/mol. The van der Waals surface area contributed by atoms with Gasteiger partial charge >= 0.3 is 0 Å². The Morgan fingerprint density at radius 1 is 1.21 bits per heavy atom. The average Bonchev–Trinajstić information content (AvgIpc) is 3.21. The van der Waals surface area contributed by atoms with Crippen LogP contribution in [0.4, 0.5) is 0 Å². The van der Waals surface area contributed by atoms with Crippen LogP contribution in [0.2, 0.25) is 0 Å². The molecular weight excluding hydrogens is 372 g/mol. The Hall–Kier alpha value is -2.54. The molecule has 2 N–H and O–H groups in total. The molecule has 0 aliphatic rings. The van der Waals surface area contributed by atoms with E-state index in [1.165, 1.54) is 10.4 Å². The van der Waals surface area contributed by atoms with E-state index in [9.17, 15) is 4.79 Å². The molecule has 152 valence electrons. The molecule has 1 heterocycles. The molecule has 0 radical (unpaired) electrons. The lowest BCUT2D eigenvalue weighted by molar-refractivity contribution is -0.127. The average molecular weight is 403 g/mol. The summed E-state index contributed by atoms with van der Waals surface area (Å²) in [5.74, 6) is 1.51. The van der Waals surface area contributed by atoms with Crippen LogP contribution in [-0.2, 0) is 17.8 Å². The van der Waals surface area contributed by atoms with Crippen molar-refractivity contribution >= 4 is 23.2 Å². The number of thiophene rings is 1. The van der Waals surface area contributed by atoms with Crippen molar-refractivity contribution in [1.82, 2.24) is 15.5 Å². The zero-order valence-corrected chi connectivity index (χ0v) is 17.7. The van der Waals surface area contributed by atoms with Gasteiger partial charge in [-0.3, -0.25) is 4.79 Å². The number of rotatable bonds is 10. The van der Waals surface area contributed by atoms with Crippen LogP contribution in [0, 0.1) is 0 Å². The molecule has 0 atom stereocenters. The standard InChI is InChI=1S/C21H30N4O2S/c1-4-12-27-18-8-5-7-17(14-18)10-11-22-21(24-16-20(26)25(2)3)23-15-19-9-6-13-28-19/h5-9,13-14H,4,10-12,15-16H2,1-3H3,(H2,22,23,24). The minimum absolute atomic E-state index is 0.0296. The first-order valence-electron chi connectivity index (χ1n) is 9.55. The fourth-order valence-corrected chi connectivity index (χ4v) is 3.03. The summed E-state index contributed by atoms with van der Waals surface area (Å²) in [4.78, 5) is 19.0. The second kappa shape index (κ2) is 12.0. The van der Waals surface area contributed by atoms with E-state index in [0.717, 1.165) is 25.2 Å². The summed E-state index contributed by atoms with van der Waals surface area (Å²) in [6, 6.07) is 12.3. The van der Waals surface area contributed by atoms with E-state index in [1.54, 1.807) is 30.3 Å². The zero-order valence-electron chi connectivity index (χ0n) is 16.9. The van der Waals surface area contributed by atoms with Crippen LogP contribution in [-0.4, -0.2) is 50.6 Å². The highest BCUT2D eigenvalue weighted by Gasteiger charge is 2.05. The molecule has 7 heteroatoms. The second-order valence-electron chi connectivity index (χ2n) is 6.56. The summed E-state index contributed by atoms with van der Waals surface area (Å²) in [5, 5.41) is 8.66. The number of aliphatic imine (C=N–C) groups is 1. The van der Waals surface area contributed by atoms with Gasteiger partial charge in [0.05, 0.1) is 13.2 Å². The number of likely N-dealkylation sites (N-methyl/N-ethyl adjacent to an activating group) is 1. The molecular formula is C21H30N4O2S. The fourth-order valence-electron chi connectivity index (χ4n) is 2.38. The molecule has 0 saturated carbocycles. The first-order chi connectivity index (χ1) is 13.6. The number of amides is 1. The summed E-state index contributed by atoms with van der Waals surface area (Å²) < 4.78 is 5.69. The normalized spacial score (nSPS) is 11.2. The number of hydrogen-bond donors (Lipinski definition) is 2. The van der Waals surface area contributed by atoms with Crippen molar-refractivity contribution in [3.05, 3.63) is 52.2 Å². The zero-order chi connectivity index (χ0) is 20.2. The highest BCUT2D eigenvalue weighted by atomic mass is 32.1. The van der Waals surface area contributed by atoms with Gasteiger partial charge in [-0.1, -0.05) is 25.1 Å². The number of nitrogens with zero attached hydrogens (tertiary/aromatic N) is 2. The number of hydrogen-bond acceptors (Lipinski definition) is 4. The lowest BCUT2D eigenvalue weighted by Gasteiger charge is -2.14. The third-order valence-corrected chi connectivity index (χ3v) is 4.84. The van der Waals surface area contributed by atoms with Gasteiger partial charge in [-0.15, -0.1) is 11.3 Å². The smallest absolute Gasteiger partial charge is 0.243 e. The molecule has 0 aliphatic carbocycles. The van der Waals surface area contributed by atoms with Crippen molar-refractivity contribution in [2.24, 2.45) is 4.99 Å². The highest BCUT2D eigenvalue weighted by molar-refractivity contribution is 7.09. The Morgan fingerprint density at radius 2 is 2.07 bits per heavy atom. The van der Waals surface area contributed by atoms with Gasteiger partial charge in [-0.2, -0.15) is 0 Å². The minimum Gasteiger partial charge on any atom is -0.494 e. The summed E-state index contributed by atoms with van der Waals surface area (Å²) in [5.41, 5.74) is 1.20. The highest BCUT2D eigenvalue weighted by Crippen LogP contribution is 2.13. The van der Waals surface area contributed by atoms with Gasteiger partial charge in [0.1, 0.15) is 12.3 Å². The van der Waals surface area contributed by atoms with E-state index in [1.807, 2.05) is 23.6 Å². The van der Waals surface area contributed by atoms with E-state index >= 15 is 0 Å². The fraction of sp³-hybridized carbons (Fsp3) is 0.429. The third-order valence-electron chi connectivity index (χ3n) is 3.96. The Kier molecular flexibility index (Phi) is 9.34. The van der Waals surface area contributed by atoms with Crippen LogP contribution in [0.1, 0.15) is 23.8 Å². The molecule has 0 unspecified atom stereocenters. The number of carbonyl (C=O) groups is 1. The SMILES string of the molecule is CCCOc1cccc(CCNC(=NCC(=O)N(C)C)NCc2cccs2)c1. The van der Waals surface area contributed by atoms with Crippen LogP contribution < -0.4 is 15.4 Å². The predicted octanol–water partition coefficient (Wildman–Crippen LogP) is 2.90. The van der Waals surface area contributed by atoms with Crippen molar-refractivity contribution < 1.29 is 9.53 Å². The van der Waals surface area contributed by atoms with Crippen molar-refractivity contribution in [2.45, 2.75) is 26.3 Å². The number of nitrogens with one attached hydrogen (secondary N) is 2. The molecule has 2 rings (SSSR count). The number of benzene rings is 1. The van der Waals surface area contributed by atoms with Crippen LogP contribution in [0.3, 0.4) is 0 Å². The van der Waals surface area contributed by atoms with Crippen molar-refractivity contribution in [3.63, 3.8) is 0 Å². The van der Waals surface area contributed by atoms with Crippen molar-refractivity contribution in [1.29, 1.82) is 0 Å². The van der Waals surface area contributed by atoms with Crippen molar-refractivity contribution in [2.75, 3.05) is 33.8 Å². The first-order valence-corrected chi connectivity index (χ1v) is 10.4. The maximum atomic E-state index is 11.9. The van der Waals surface area contributed by atoms with E-state index in [2.05, 4.69) is 40.7 Å². The van der Waals surface area contributed by atoms with Crippen LogP contribution in [0.25, 0.3) is 0 Å². The molecule has 0 fully saturated rings. The number of carbonyl (C=O) groups excluding carboxylic acids is 1. The van der Waals surface area contributed by atoms with E-state index in [-0.39, 0.29) is 12.5 Å². The Morgan fingerprint density at radius 3 is 2.79 bits per heavy atom. The first kappa shape index (κ1) is 21.8. The summed E-state index contributed by atoms with van der Waals surface area (Å²) in [6.45, 7) is 4.33. The second-order valence-corrected chi connectivity index (χ2v) is 7.59. The van der Waals surface area contributed by atoms with Crippen molar-refractivity contribution in [3.8, 4) is 5.75 Å². The molecule has 1 aromatic carbocycles. The van der Waals surface area contributed by atoms with Gasteiger partial charge in [-0.25, -0.2) is 4.99 Å². The third kappa shape index (κ3) is 8.00. The van der Waals surface area contributed by atoms with Gasteiger partial charge in [0.2, 0.25) is 5.91 Å². The van der Waals surface area contributed by atoms with Gasteiger partial charge in [0, 0.05) is 25.5 Å². The Labute approximate surface area is 171 Å². The van der Waals surface area contributed by atoms with E-state index in [4.69, 9.17) is 4.74 Å². The van der Waals surface area contributed by atoms with E-state index < -0.39 is 0 Å². The van der Waals surface area contributed by atoms with E-state index in [0.29, 0.717) is 19.0 Å².